The molecule has 0 spiro atoms. The van der Waals surface area contributed by atoms with Gasteiger partial charge in [-0.2, -0.15) is 0 Å². The van der Waals surface area contributed by atoms with Crippen molar-refractivity contribution < 1.29 is 9.50 Å². The lowest BCUT2D eigenvalue weighted by atomic mass is 10.1. The smallest absolute Gasteiger partial charge is 0.258 e. The van der Waals surface area contributed by atoms with Gasteiger partial charge in [-0.05, 0) is 30.3 Å². The van der Waals surface area contributed by atoms with E-state index < -0.39 is 0 Å². The van der Waals surface area contributed by atoms with E-state index in [9.17, 15) is 10.1 Å². The van der Waals surface area contributed by atoms with E-state index in [0.717, 1.165) is 11.4 Å². The number of benzene rings is 3. The van der Waals surface area contributed by atoms with Gasteiger partial charge in [0.15, 0.2) is 0 Å². The molecule has 0 amide bonds. The van der Waals surface area contributed by atoms with E-state index in [1.54, 1.807) is 18.2 Å². The van der Waals surface area contributed by atoms with Gasteiger partial charge in [-0.1, -0.05) is 48.5 Å². The van der Waals surface area contributed by atoms with Crippen LogP contribution in [0.4, 0.5) is 17.1 Å². The van der Waals surface area contributed by atoms with Crippen LogP contribution >= 0.6 is 0 Å². The van der Waals surface area contributed by atoms with Gasteiger partial charge in [0.25, 0.3) is 11.5 Å². The predicted molar refractivity (Wildman–Crippen MR) is 99.6 cm³/mol. The molecule has 0 bridgehead atoms. The van der Waals surface area contributed by atoms with Crippen LogP contribution in [0.2, 0.25) is 0 Å². The number of anilines is 1. The van der Waals surface area contributed by atoms with Gasteiger partial charge in [0.05, 0.1) is 12.0 Å². The number of nitro groups is 1. The van der Waals surface area contributed by atoms with Crippen LogP contribution in [0, 0.1) is 10.1 Å². The molecule has 0 unspecified atom stereocenters. The zero-order chi connectivity index (χ0) is 17.6. The topological polar surface area (TPSA) is 58.2 Å². The molecule has 0 aromatic heterocycles. The van der Waals surface area contributed by atoms with Crippen LogP contribution in [0.5, 0.6) is 0 Å². The van der Waals surface area contributed by atoms with Crippen LogP contribution in [-0.2, 0) is 0 Å². The summed E-state index contributed by atoms with van der Waals surface area (Å²) in [5.41, 5.74) is 2.38. The van der Waals surface area contributed by atoms with Gasteiger partial charge in [-0.3, -0.25) is 10.1 Å². The summed E-state index contributed by atoms with van der Waals surface area (Å²) in [6.45, 7) is 0. The highest BCUT2D eigenvalue weighted by Crippen LogP contribution is 2.22. The number of hydrogen-bond acceptors (Lipinski definition) is 2. The Bertz CT molecular complexity index is 906. The Hall–Kier alpha value is -3.47. The third-order valence-corrected chi connectivity index (χ3v) is 3.87. The lowest BCUT2D eigenvalue weighted by molar-refractivity contribution is -0.406. The number of para-hydroxylation sites is 3. The van der Waals surface area contributed by atoms with Crippen molar-refractivity contribution in [2.75, 3.05) is 12.4 Å². The molecule has 0 aliphatic heterocycles. The Labute approximate surface area is 146 Å². The van der Waals surface area contributed by atoms with Gasteiger partial charge in [0.2, 0.25) is 0 Å². The number of nitro benzene ring substituents is 1. The van der Waals surface area contributed by atoms with Crippen molar-refractivity contribution in [3.63, 3.8) is 0 Å². The van der Waals surface area contributed by atoms with Gasteiger partial charge in [0.1, 0.15) is 16.9 Å². The molecular formula is C20H18N3O2+. The Morgan fingerprint density at radius 1 is 0.840 bits per heavy atom. The van der Waals surface area contributed by atoms with Crippen LogP contribution in [0.3, 0.4) is 0 Å². The van der Waals surface area contributed by atoms with Crippen molar-refractivity contribution in [3.8, 4) is 0 Å². The van der Waals surface area contributed by atoms with E-state index in [4.69, 9.17) is 0 Å². The third kappa shape index (κ3) is 3.72. The molecule has 3 aromatic rings. The molecule has 0 fully saturated rings. The number of nitrogens with zero attached hydrogens (tertiary/aromatic N) is 2. The molecule has 5 nitrogen and oxygen atoms in total. The first-order valence-corrected chi connectivity index (χ1v) is 7.88. The molecule has 3 aromatic carbocycles. The average Bonchev–Trinajstić information content (AvgIpc) is 2.67. The molecule has 0 atom stereocenters. The first-order chi connectivity index (χ1) is 12.2. The van der Waals surface area contributed by atoms with E-state index in [1.165, 1.54) is 6.07 Å². The highest BCUT2D eigenvalue weighted by atomic mass is 16.6. The molecular weight excluding hydrogens is 314 g/mol. The van der Waals surface area contributed by atoms with Gasteiger partial charge in [-0.15, -0.1) is 0 Å². The maximum Gasteiger partial charge on any atom is 0.294 e. The van der Waals surface area contributed by atoms with Crippen LogP contribution in [-0.4, -0.2) is 22.4 Å². The maximum atomic E-state index is 11.5. The normalized spacial score (nSPS) is 11.6. The Morgan fingerprint density at radius 3 is 2.04 bits per heavy atom. The summed E-state index contributed by atoms with van der Waals surface area (Å²) in [6.07, 6.45) is 0. The second kappa shape index (κ2) is 7.40. The summed E-state index contributed by atoms with van der Waals surface area (Å²) in [5, 5.41) is 14.8. The summed E-state index contributed by atoms with van der Waals surface area (Å²) in [4.78, 5) is 11.1. The van der Waals surface area contributed by atoms with Gasteiger partial charge in [-0.25, -0.2) is 9.89 Å². The molecule has 0 aliphatic carbocycles. The minimum absolute atomic E-state index is 0.0590. The monoisotopic (exact) mass is 332 g/mol. The molecule has 25 heavy (non-hydrogen) atoms. The Morgan fingerprint density at radius 2 is 1.40 bits per heavy atom. The van der Waals surface area contributed by atoms with Gasteiger partial charge >= 0.3 is 0 Å². The van der Waals surface area contributed by atoms with Crippen molar-refractivity contribution in [1.82, 2.24) is 0 Å². The predicted octanol–water partition coefficient (Wildman–Crippen LogP) is 4.43. The fourth-order valence-corrected chi connectivity index (χ4v) is 2.60. The SMILES string of the molecule is C[N+](=C(Nc1ccccc1)c1ccccc1[N+](=O)[O-])c1ccccc1. The zero-order valence-corrected chi connectivity index (χ0v) is 13.8. The second-order valence-corrected chi connectivity index (χ2v) is 5.51. The Kier molecular flexibility index (Phi) is 4.85. The maximum absolute atomic E-state index is 11.5. The van der Waals surface area contributed by atoms with Crippen molar-refractivity contribution in [3.05, 3.63) is 101 Å². The molecule has 124 valence electrons. The minimum Gasteiger partial charge on any atom is -0.258 e. The Balaban J connectivity index is 2.18. The van der Waals surface area contributed by atoms with Crippen molar-refractivity contribution in [2.45, 2.75) is 0 Å². The third-order valence-electron chi connectivity index (χ3n) is 3.87. The van der Waals surface area contributed by atoms with E-state index >= 15 is 0 Å². The fraction of sp³-hybridized carbons (Fsp3) is 0.0500. The molecule has 0 heterocycles. The van der Waals surface area contributed by atoms with Crippen LogP contribution < -0.4 is 5.32 Å². The van der Waals surface area contributed by atoms with Crippen molar-refractivity contribution >= 4 is 22.9 Å². The summed E-state index contributed by atoms with van der Waals surface area (Å²) in [7, 11) is 1.89. The van der Waals surface area contributed by atoms with Gasteiger partial charge < -0.3 is 0 Å². The molecule has 0 saturated carbocycles. The van der Waals surface area contributed by atoms with Crippen LogP contribution in [0.25, 0.3) is 0 Å². The van der Waals surface area contributed by atoms with Crippen LogP contribution in [0.15, 0.2) is 84.9 Å². The molecule has 5 heteroatoms. The summed E-state index contributed by atoms with van der Waals surface area (Å²) in [5.74, 6) is 0.643. The summed E-state index contributed by atoms with van der Waals surface area (Å²) in [6, 6.07) is 26.1. The average molecular weight is 332 g/mol. The van der Waals surface area contributed by atoms with E-state index in [0.29, 0.717) is 11.4 Å². The quantitative estimate of drug-likeness (QED) is 0.253. The lowest BCUT2D eigenvalue weighted by Crippen LogP contribution is -2.24. The minimum atomic E-state index is -0.360. The van der Waals surface area contributed by atoms with Crippen LogP contribution in [0.1, 0.15) is 5.56 Å². The summed E-state index contributed by atoms with van der Waals surface area (Å²) < 4.78 is 1.91. The largest absolute Gasteiger partial charge is 0.294 e. The molecule has 0 radical (unpaired) electrons. The highest BCUT2D eigenvalue weighted by Gasteiger charge is 2.25. The fourth-order valence-electron chi connectivity index (χ4n) is 2.60. The number of nitrogens with one attached hydrogen (secondary N) is 1. The number of amidine groups is 1. The summed E-state index contributed by atoms with van der Waals surface area (Å²) >= 11 is 0. The zero-order valence-electron chi connectivity index (χ0n) is 13.8. The van der Waals surface area contributed by atoms with E-state index in [1.807, 2.05) is 72.3 Å². The second-order valence-electron chi connectivity index (χ2n) is 5.51. The van der Waals surface area contributed by atoms with Crippen molar-refractivity contribution in [1.29, 1.82) is 0 Å². The van der Waals surface area contributed by atoms with E-state index in [-0.39, 0.29) is 10.6 Å². The first-order valence-electron chi connectivity index (χ1n) is 7.88. The number of rotatable bonds is 4. The molecule has 3 rings (SSSR count). The molecule has 1 N–H and O–H groups in total. The lowest BCUT2D eigenvalue weighted by Gasteiger charge is -2.10. The van der Waals surface area contributed by atoms with Crippen molar-refractivity contribution in [2.24, 2.45) is 0 Å². The highest BCUT2D eigenvalue weighted by molar-refractivity contribution is 6.08. The first kappa shape index (κ1) is 16.4. The molecule has 0 aliphatic rings. The standard InChI is InChI=1S/C20H17N3O2/c1-22(17-12-6-3-7-13-17)20(21-16-10-4-2-5-11-16)18-14-8-9-15-19(18)23(24)25/h2-15H,1H3/p+1. The van der Waals surface area contributed by atoms with Gasteiger partial charge in [0, 0.05) is 6.07 Å². The van der Waals surface area contributed by atoms with E-state index in [2.05, 4.69) is 5.32 Å². The molecule has 0 saturated heterocycles. The number of hydrogen-bond donors (Lipinski definition) is 1.